The molecule has 144 valence electrons. The molecule has 2 N–H and O–H groups in total. The van der Waals surface area contributed by atoms with Crippen LogP contribution in [0.5, 0.6) is 0 Å². The van der Waals surface area contributed by atoms with Gasteiger partial charge in [-0.3, -0.25) is 0 Å². The van der Waals surface area contributed by atoms with E-state index in [9.17, 15) is 9.90 Å². The van der Waals surface area contributed by atoms with E-state index in [1.807, 2.05) is 29.2 Å². The second-order valence-electron chi connectivity index (χ2n) is 9.18. The van der Waals surface area contributed by atoms with Crippen LogP contribution in [0.3, 0.4) is 0 Å². The maximum atomic E-state index is 12.8. The lowest BCUT2D eigenvalue weighted by Gasteiger charge is -2.39. The lowest BCUT2D eigenvalue weighted by atomic mass is 9.85. The molecule has 1 aliphatic heterocycles. The zero-order chi connectivity index (χ0) is 18.9. The summed E-state index contributed by atoms with van der Waals surface area (Å²) in [7, 11) is 0. The predicted octanol–water partition coefficient (Wildman–Crippen LogP) is 4.76. The first kappa shape index (κ1) is 19.5. The fourth-order valence-corrected chi connectivity index (χ4v) is 4.05. The van der Waals surface area contributed by atoms with Crippen molar-refractivity contribution in [3.05, 3.63) is 34.9 Å². The maximum absolute atomic E-state index is 12.8. The van der Waals surface area contributed by atoms with Gasteiger partial charge in [-0.15, -0.1) is 0 Å². The summed E-state index contributed by atoms with van der Waals surface area (Å²) >= 11 is 6.01. The molecule has 1 heterocycles. The third kappa shape index (κ3) is 4.92. The van der Waals surface area contributed by atoms with E-state index in [4.69, 9.17) is 11.6 Å². The second-order valence-corrected chi connectivity index (χ2v) is 9.62. The zero-order valence-electron chi connectivity index (χ0n) is 16.1. The molecule has 26 heavy (non-hydrogen) atoms. The Morgan fingerprint density at radius 3 is 2.35 bits per heavy atom. The second kappa shape index (κ2) is 7.40. The van der Waals surface area contributed by atoms with Gasteiger partial charge in [0.2, 0.25) is 0 Å². The third-order valence-electron chi connectivity index (χ3n) is 5.64. The van der Waals surface area contributed by atoms with E-state index in [2.05, 4.69) is 26.1 Å². The van der Waals surface area contributed by atoms with Crippen LogP contribution in [-0.2, 0) is 0 Å². The summed E-state index contributed by atoms with van der Waals surface area (Å²) in [6.45, 7) is 7.79. The van der Waals surface area contributed by atoms with Gasteiger partial charge < -0.3 is 15.3 Å². The Balaban J connectivity index is 1.64. The normalized spacial score (nSPS) is 21.3. The van der Waals surface area contributed by atoms with Crippen molar-refractivity contribution in [2.45, 2.75) is 64.5 Å². The smallest absolute Gasteiger partial charge is 0.317 e. The third-order valence-corrected chi connectivity index (χ3v) is 5.89. The number of rotatable bonds is 4. The van der Waals surface area contributed by atoms with Crippen LogP contribution in [0.25, 0.3) is 0 Å². The molecule has 0 aromatic heterocycles. The van der Waals surface area contributed by atoms with E-state index in [-0.39, 0.29) is 17.5 Å². The summed E-state index contributed by atoms with van der Waals surface area (Å²) in [6, 6.07) is 7.63. The molecule has 1 aromatic carbocycles. The molecule has 2 amide bonds. The minimum atomic E-state index is -0.544. The summed E-state index contributed by atoms with van der Waals surface area (Å²) < 4.78 is 0. The molecule has 5 heteroatoms. The van der Waals surface area contributed by atoms with Crippen LogP contribution in [0.15, 0.2) is 24.3 Å². The van der Waals surface area contributed by atoms with E-state index in [1.54, 1.807) is 0 Å². The summed E-state index contributed by atoms with van der Waals surface area (Å²) in [4.78, 5) is 14.7. The van der Waals surface area contributed by atoms with E-state index in [0.29, 0.717) is 36.9 Å². The number of urea groups is 1. The zero-order valence-corrected chi connectivity index (χ0v) is 16.9. The fourth-order valence-electron chi connectivity index (χ4n) is 3.93. The van der Waals surface area contributed by atoms with Gasteiger partial charge in [-0.1, -0.05) is 44.5 Å². The van der Waals surface area contributed by atoms with Gasteiger partial charge >= 0.3 is 6.03 Å². The number of nitrogens with one attached hydrogen (secondary N) is 1. The van der Waals surface area contributed by atoms with E-state index >= 15 is 0 Å². The number of amides is 2. The molecule has 2 fully saturated rings. The Bertz CT molecular complexity index is 626. The van der Waals surface area contributed by atoms with E-state index in [1.165, 1.54) is 0 Å². The van der Waals surface area contributed by atoms with Crippen molar-refractivity contribution in [3.8, 4) is 0 Å². The molecular formula is C21H31ClN2O2. The number of hydrogen-bond donors (Lipinski definition) is 2. The molecule has 3 rings (SSSR count). The van der Waals surface area contributed by atoms with Crippen molar-refractivity contribution >= 4 is 17.6 Å². The molecule has 1 aliphatic carbocycles. The van der Waals surface area contributed by atoms with Gasteiger partial charge in [0.1, 0.15) is 0 Å². The number of halogens is 1. The van der Waals surface area contributed by atoms with Crippen molar-refractivity contribution in [2.75, 3.05) is 13.1 Å². The van der Waals surface area contributed by atoms with Crippen LogP contribution in [0.1, 0.15) is 64.5 Å². The molecule has 0 bridgehead atoms. The first-order chi connectivity index (χ1) is 12.2. The van der Waals surface area contributed by atoms with Gasteiger partial charge in [-0.25, -0.2) is 4.79 Å². The van der Waals surface area contributed by atoms with Gasteiger partial charge in [-0.05, 0) is 61.1 Å². The quantitative estimate of drug-likeness (QED) is 0.793. The van der Waals surface area contributed by atoms with Gasteiger partial charge in [-0.2, -0.15) is 0 Å². The molecule has 1 atom stereocenters. The molecule has 1 unspecified atom stereocenters. The average Bonchev–Trinajstić information content (AvgIpc) is 3.39. The van der Waals surface area contributed by atoms with E-state index < -0.39 is 5.60 Å². The average molecular weight is 379 g/mol. The van der Waals surface area contributed by atoms with Gasteiger partial charge in [0, 0.05) is 18.1 Å². The summed E-state index contributed by atoms with van der Waals surface area (Å²) in [5, 5.41) is 14.6. The van der Waals surface area contributed by atoms with Gasteiger partial charge in [0.25, 0.3) is 0 Å². The first-order valence-electron chi connectivity index (χ1n) is 9.70. The highest BCUT2D eigenvalue weighted by Crippen LogP contribution is 2.45. The molecule has 0 spiro atoms. The Hall–Kier alpha value is -1.26. The molecule has 4 nitrogen and oxygen atoms in total. The topological polar surface area (TPSA) is 52.6 Å². The predicted molar refractivity (Wildman–Crippen MR) is 105 cm³/mol. The van der Waals surface area contributed by atoms with Gasteiger partial charge in [0.15, 0.2) is 0 Å². The lowest BCUT2D eigenvalue weighted by Crippen LogP contribution is -2.51. The number of aliphatic hydroxyl groups is 1. The number of hydrogen-bond acceptors (Lipinski definition) is 2. The number of piperidine rings is 1. The van der Waals surface area contributed by atoms with Crippen LogP contribution in [0.2, 0.25) is 5.02 Å². The Kier molecular flexibility index (Phi) is 5.55. The Morgan fingerprint density at radius 2 is 1.85 bits per heavy atom. The highest BCUT2D eigenvalue weighted by atomic mass is 35.5. The molecular weight excluding hydrogens is 348 g/mol. The summed E-state index contributed by atoms with van der Waals surface area (Å²) in [6.07, 6.45) is 4.49. The number of carbonyl (C=O) groups excluding carboxylic acids is 1. The van der Waals surface area contributed by atoms with Crippen LogP contribution >= 0.6 is 11.6 Å². The molecule has 1 saturated carbocycles. The van der Waals surface area contributed by atoms with Crippen LogP contribution in [0, 0.1) is 11.3 Å². The summed E-state index contributed by atoms with van der Waals surface area (Å²) in [5.41, 5.74) is 0.618. The fraction of sp³-hybridized carbons (Fsp3) is 0.667. The standard InChI is InChI=1S/C21H31ClN2O2/c1-20(2,3)14-18(15-4-8-17(22)9-5-15)23-19(25)24-12-10-21(26,11-13-24)16-6-7-16/h4-5,8-9,16,18,26H,6-7,10-14H2,1-3H3,(H,23,25). The monoisotopic (exact) mass is 378 g/mol. The minimum absolute atomic E-state index is 0.0351. The SMILES string of the molecule is CC(C)(C)CC(NC(=O)N1CCC(O)(C2CC2)CC1)c1ccc(Cl)cc1. The highest BCUT2D eigenvalue weighted by molar-refractivity contribution is 6.30. The number of nitrogens with zero attached hydrogens (tertiary/aromatic N) is 1. The molecule has 2 aliphatic rings. The first-order valence-corrected chi connectivity index (χ1v) is 10.1. The largest absolute Gasteiger partial charge is 0.389 e. The maximum Gasteiger partial charge on any atom is 0.317 e. The molecule has 0 radical (unpaired) electrons. The van der Waals surface area contributed by atoms with Crippen molar-refractivity contribution in [1.82, 2.24) is 10.2 Å². The summed E-state index contributed by atoms with van der Waals surface area (Å²) in [5.74, 6) is 0.454. The Labute approximate surface area is 161 Å². The molecule has 1 saturated heterocycles. The number of carbonyl (C=O) groups is 1. The van der Waals surface area contributed by atoms with Crippen LogP contribution < -0.4 is 5.32 Å². The van der Waals surface area contributed by atoms with Crippen molar-refractivity contribution in [2.24, 2.45) is 11.3 Å². The Morgan fingerprint density at radius 1 is 1.27 bits per heavy atom. The van der Waals surface area contributed by atoms with Crippen molar-refractivity contribution in [1.29, 1.82) is 0 Å². The van der Waals surface area contributed by atoms with Crippen molar-refractivity contribution < 1.29 is 9.90 Å². The molecule has 1 aromatic rings. The minimum Gasteiger partial charge on any atom is -0.389 e. The number of benzene rings is 1. The number of likely N-dealkylation sites (tertiary alicyclic amines) is 1. The highest BCUT2D eigenvalue weighted by Gasteiger charge is 2.46. The van der Waals surface area contributed by atoms with Crippen LogP contribution in [0.4, 0.5) is 4.79 Å². The van der Waals surface area contributed by atoms with Gasteiger partial charge in [0.05, 0.1) is 11.6 Å². The van der Waals surface area contributed by atoms with Crippen LogP contribution in [-0.4, -0.2) is 34.7 Å². The lowest BCUT2D eigenvalue weighted by molar-refractivity contribution is -0.0309. The van der Waals surface area contributed by atoms with Crippen molar-refractivity contribution in [3.63, 3.8) is 0 Å². The van der Waals surface area contributed by atoms with E-state index in [0.717, 1.165) is 24.8 Å².